The Morgan fingerprint density at radius 3 is 2.90 bits per heavy atom. The van der Waals surface area contributed by atoms with E-state index < -0.39 is 5.82 Å². The third-order valence-electron chi connectivity index (χ3n) is 2.82. The minimum Gasteiger partial charge on any atom is -0.369 e. The molecule has 0 unspecified atom stereocenters. The van der Waals surface area contributed by atoms with Crippen molar-refractivity contribution in [2.75, 3.05) is 5.73 Å². The Hall–Kier alpha value is -2.46. The molecule has 2 aromatic heterocycles. The van der Waals surface area contributed by atoms with Crippen molar-refractivity contribution >= 4 is 33.0 Å². The quantitative estimate of drug-likeness (QED) is 0.743. The van der Waals surface area contributed by atoms with Crippen molar-refractivity contribution in [3.63, 3.8) is 0 Å². The summed E-state index contributed by atoms with van der Waals surface area (Å²) >= 11 is 3.31. The number of fused-ring (bicyclic) bond motifs is 1. The number of halogens is 2. The zero-order chi connectivity index (χ0) is 14.3. The first-order chi connectivity index (χ1) is 9.60. The first kappa shape index (κ1) is 12.6. The fourth-order valence-electron chi connectivity index (χ4n) is 1.95. The summed E-state index contributed by atoms with van der Waals surface area (Å²) in [6.07, 6.45) is 1.62. The van der Waals surface area contributed by atoms with Crippen LogP contribution in [0.5, 0.6) is 0 Å². The van der Waals surface area contributed by atoms with Crippen LogP contribution in [0.3, 0.4) is 0 Å². The number of pyridine rings is 1. The molecule has 0 aliphatic heterocycles. The maximum absolute atomic E-state index is 13.4. The molecule has 0 saturated carbocycles. The minimum atomic E-state index is -0.574. The molecule has 20 heavy (non-hydrogen) atoms. The standard InChI is InChI=1S/C13H7BrFN5/c14-8-4-11-12(18-6-8)20(13(17)19-11)9-1-2-10(15)7(3-9)5-16/h1-4,6H,(H2,17,19). The van der Waals surface area contributed by atoms with Gasteiger partial charge in [-0.05, 0) is 40.2 Å². The Labute approximate surface area is 121 Å². The Kier molecular flexibility index (Phi) is 2.88. The van der Waals surface area contributed by atoms with Crippen LogP contribution in [0, 0.1) is 17.1 Å². The van der Waals surface area contributed by atoms with Crippen molar-refractivity contribution < 1.29 is 4.39 Å². The molecule has 2 N–H and O–H groups in total. The molecular weight excluding hydrogens is 325 g/mol. The van der Waals surface area contributed by atoms with E-state index in [9.17, 15) is 4.39 Å². The lowest BCUT2D eigenvalue weighted by atomic mass is 10.2. The average molecular weight is 332 g/mol. The van der Waals surface area contributed by atoms with E-state index in [-0.39, 0.29) is 11.5 Å². The monoisotopic (exact) mass is 331 g/mol. The zero-order valence-corrected chi connectivity index (χ0v) is 11.6. The molecule has 98 valence electrons. The highest BCUT2D eigenvalue weighted by atomic mass is 79.9. The van der Waals surface area contributed by atoms with E-state index in [1.54, 1.807) is 22.9 Å². The van der Waals surface area contributed by atoms with Gasteiger partial charge in [-0.25, -0.2) is 14.4 Å². The van der Waals surface area contributed by atoms with Gasteiger partial charge >= 0.3 is 0 Å². The van der Waals surface area contributed by atoms with E-state index in [1.165, 1.54) is 18.2 Å². The van der Waals surface area contributed by atoms with E-state index in [0.717, 1.165) is 4.47 Å². The van der Waals surface area contributed by atoms with Crippen LogP contribution in [-0.4, -0.2) is 14.5 Å². The second-order valence-corrected chi connectivity index (χ2v) is 4.99. The number of anilines is 1. The van der Waals surface area contributed by atoms with Gasteiger partial charge in [-0.15, -0.1) is 0 Å². The molecule has 0 radical (unpaired) electrons. The molecule has 3 rings (SSSR count). The average Bonchev–Trinajstić information content (AvgIpc) is 2.74. The van der Waals surface area contributed by atoms with Crippen molar-refractivity contribution in [2.24, 2.45) is 0 Å². The lowest BCUT2D eigenvalue weighted by Gasteiger charge is -2.06. The van der Waals surface area contributed by atoms with Crippen LogP contribution in [0.25, 0.3) is 16.9 Å². The molecule has 0 fully saturated rings. The number of nitrogens with two attached hydrogens (primary N) is 1. The van der Waals surface area contributed by atoms with E-state index in [0.29, 0.717) is 16.9 Å². The first-order valence-corrected chi connectivity index (χ1v) is 6.39. The molecule has 0 aliphatic rings. The summed E-state index contributed by atoms with van der Waals surface area (Å²) < 4.78 is 15.7. The maximum Gasteiger partial charge on any atom is 0.207 e. The number of rotatable bonds is 1. The lowest BCUT2D eigenvalue weighted by molar-refractivity contribution is 0.623. The normalized spacial score (nSPS) is 10.7. The van der Waals surface area contributed by atoms with E-state index in [2.05, 4.69) is 25.9 Å². The molecule has 5 nitrogen and oxygen atoms in total. The molecule has 0 bridgehead atoms. The Bertz CT molecular complexity index is 865. The molecule has 1 aromatic carbocycles. The summed E-state index contributed by atoms with van der Waals surface area (Å²) in [7, 11) is 0. The van der Waals surface area contributed by atoms with Crippen LogP contribution >= 0.6 is 15.9 Å². The molecule has 0 amide bonds. The molecule has 0 saturated heterocycles. The largest absolute Gasteiger partial charge is 0.369 e. The van der Waals surface area contributed by atoms with Crippen LogP contribution in [0.4, 0.5) is 10.3 Å². The molecule has 0 spiro atoms. The Balaban J connectivity index is 2.29. The first-order valence-electron chi connectivity index (χ1n) is 5.59. The third kappa shape index (κ3) is 1.90. The van der Waals surface area contributed by atoms with Gasteiger partial charge in [0.1, 0.15) is 17.4 Å². The highest BCUT2D eigenvalue weighted by molar-refractivity contribution is 9.10. The summed E-state index contributed by atoms with van der Waals surface area (Å²) in [6, 6.07) is 7.74. The predicted octanol–water partition coefficient (Wildman–Crippen LogP) is 2.78. The summed E-state index contributed by atoms with van der Waals surface area (Å²) in [6.45, 7) is 0. The number of imidazole rings is 1. The topological polar surface area (TPSA) is 80.5 Å². The molecule has 0 aliphatic carbocycles. The fourth-order valence-corrected chi connectivity index (χ4v) is 2.27. The molecule has 0 atom stereocenters. The molecule has 3 aromatic rings. The number of nitrogens with zero attached hydrogens (tertiary/aromatic N) is 4. The van der Waals surface area contributed by atoms with Crippen molar-refractivity contribution in [1.29, 1.82) is 5.26 Å². The van der Waals surface area contributed by atoms with Crippen LogP contribution in [0.15, 0.2) is 34.9 Å². The summed E-state index contributed by atoms with van der Waals surface area (Å²) in [5.74, 6) is -0.351. The van der Waals surface area contributed by atoms with Gasteiger partial charge in [0.15, 0.2) is 5.65 Å². The highest BCUT2D eigenvalue weighted by Gasteiger charge is 2.13. The highest BCUT2D eigenvalue weighted by Crippen LogP contribution is 2.24. The maximum atomic E-state index is 13.4. The van der Waals surface area contributed by atoms with E-state index in [1.807, 2.05) is 0 Å². The third-order valence-corrected chi connectivity index (χ3v) is 3.25. The van der Waals surface area contributed by atoms with E-state index in [4.69, 9.17) is 11.0 Å². The smallest absolute Gasteiger partial charge is 0.207 e. The van der Waals surface area contributed by atoms with Gasteiger partial charge in [0.05, 0.1) is 11.3 Å². The van der Waals surface area contributed by atoms with Crippen molar-refractivity contribution in [2.45, 2.75) is 0 Å². The second kappa shape index (κ2) is 4.58. The van der Waals surface area contributed by atoms with Gasteiger partial charge in [0, 0.05) is 10.7 Å². The van der Waals surface area contributed by atoms with Crippen LogP contribution in [0.1, 0.15) is 5.56 Å². The van der Waals surface area contributed by atoms with Crippen LogP contribution in [0.2, 0.25) is 0 Å². The fraction of sp³-hybridized carbons (Fsp3) is 0. The Morgan fingerprint density at radius 1 is 1.35 bits per heavy atom. The van der Waals surface area contributed by atoms with Gasteiger partial charge in [-0.2, -0.15) is 5.26 Å². The summed E-state index contributed by atoms with van der Waals surface area (Å²) in [5.41, 5.74) is 7.52. The number of hydrogen-bond acceptors (Lipinski definition) is 4. The molecule has 2 heterocycles. The predicted molar refractivity (Wildman–Crippen MR) is 75.7 cm³/mol. The van der Waals surface area contributed by atoms with E-state index >= 15 is 0 Å². The van der Waals surface area contributed by atoms with Gasteiger partial charge in [0.25, 0.3) is 0 Å². The summed E-state index contributed by atoms with van der Waals surface area (Å²) in [4.78, 5) is 8.45. The van der Waals surface area contributed by atoms with Crippen LogP contribution in [-0.2, 0) is 0 Å². The van der Waals surface area contributed by atoms with Gasteiger partial charge in [-0.1, -0.05) is 0 Å². The van der Waals surface area contributed by atoms with Crippen molar-refractivity contribution in [3.8, 4) is 11.8 Å². The van der Waals surface area contributed by atoms with Gasteiger partial charge < -0.3 is 5.73 Å². The van der Waals surface area contributed by atoms with Crippen molar-refractivity contribution in [3.05, 3.63) is 46.3 Å². The Morgan fingerprint density at radius 2 is 2.15 bits per heavy atom. The molecular formula is C13H7BrFN5. The number of hydrogen-bond donors (Lipinski definition) is 1. The SMILES string of the molecule is N#Cc1cc(-n2c(N)nc3cc(Br)cnc32)ccc1F. The molecule has 7 heteroatoms. The number of nitriles is 1. The number of nitrogen functional groups attached to an aromatic ring is 1. The number of benzene rings is 1. The van der Waals surface area contributed by atoms with Gasteiger partial charge in [-0.3, -0.25) is 4.57 Å². The lowest BCUT2D eigenvalue weighted by Crippen LogP contribution is -2.02. The number of aromatic nitrogens is 3. The minimum absolute atomic E-state index is 0.0548. The second-order valence-electron chi connectivity index (χ2n) is 4.08. The van der Waals surface area contributed by atoms with Crippen molar-refractivity contribution in [1.82, 2.24) is 14.5 Å². The zero-order valence-electron chi connectivity index (χ0n) is 10.0. The van der Waals surface area contributed by atoms with Gasteiger partial charge in [0.2, 0.25) is 5.95 Å². The summed E-state index contributed by atoms with van der Waals surface area (Å²) in [5, 5.41) is 8.89. The van der Waals surface area contributed by atoms with Crippen LogP contribution < -0.4 is 5.73 Å².